The Hall–Kier alpha value is -2.83. The molecular formula is C17H21N3O4. The van der Waals surface area contributed by atoms with Crippen LogP contribution in [0.4, 0.5) is 5.69 Å². The van der Waals surface area contributed by atoms with Crippen LogP contribution in [0.2, 0.25) is 0 Å². The second-order valence-electron chi connectivity index (χ2n) is 5.25. The molecule has 0 spiro atoms. The minimum Gasteiger partial charge on any atom is -0.482 e. The highest BCUT2D eigenvalue weighted by molar-refractivity contribution is 6.05. The predicted octanol–water partition coefficient (Wildman–Crippen LogP) is 2.23. The molecule has 1 amide bonds. The van der Waals surface area contributed by atoms with E-state index in [9.17, 15) is 9.59 Å². The van der Waals surface area contributed by atoms with Gasteiger partial charge in [0.2, 0.25) is 0 Å². The number of carbonyl (C=O) groups is 2. The van der Waals surface area contributed by atoms with Crippen molar-refractivity contribution < 1.29 is 19.1 Å². The van der Waals surface area contributed by atoms with E-state index >= 15 is 0 Å². The van der Waals surface area contributed by atoms with E-state index in [1.807, 2.05) is 20.9 Å². The highest BCUT2D eigenvalue weighted by Crippen LogP contribution is 2.20. The van der Waals surface area contributed by atoms with Gasteiger partial charge in [0.25, 0.3) is 5.91 Å². The third kappa shape index (κ3) is 4.13. The molecule has 2 rings (SSSR count). The van der Waals surface area contributed by atoms with Crippen molar-refractivity contribution in [2.24, 2.45) is 7.05 Å². The second-order valence-corrected chi connectivity index (χ2v) is 5.25. The number of hydrogen-bond donors (Lipinski definition) is 1. The number of carbonyl (C=O) groups excluding carboxylic acids is 2. The van der Waals surface area contributed by atoms with Crippen molar-refractivity contribution in [1.82, 2.24) is 9.78 Å². The molecule has 0 bridgehead atoms. The van der Waals surface area contributed by atoms with E-state index < -0.39 is 5.97 Å². The van der Waals surface area contributed by atoms with Crippen LogP contribution in [0.25, 0.3) is 0 Å². The van der Waals surface area contributed by atoms with Gasteiger partial charge in [-0.2, -0.15) is 5.10 Å². The van der Waals surface area contributed by atoms with Crippen molar-refractivity contribution in [3.05, 3.63) is 41.2 Å². The zero-order valence-electron chi connectivity index (χ0n) is 14.3. The molecule has 7 nitrogen and oxygen atoms in total. The molecule has 128 valence electrons. The number of ether oxygens (including phenoxy) is 2. The normalized spacial score (nSPS) is 10.3. The van der Waals surface area contributed by atoms with Crippen LogP contribution in [0, 0.1) is 13.8 Å². The maximum Gasteiger partial charge on any atom is 0.344 e. The summed E-state index contributed by atoms with van der Waals surface area (Å²) in [7, 11) is 1.82. The topological polar surface area (TPSA) is 82.4 Å². The minimum atomic E-state index is -0.450. The van der Waals surface area contributed by atoms with Gasteiger partial charge >= 0.3 is 5.97 Å². The molecule has 1 heterocycles. The van der Waals surface area contributed by atoms with Gasteiger partial charge in [-0.3, -0.25) is 9.48 Å². The first-order chi connectivity index (χ1) is 11.4. The van der Waals surface area contributed by atoms with Gasteiger partial charge in [-0.1, -0.05) is 6.07 Å². The molecule has 0 unspecified atom stereocenters. The quantitative estimate of drug-likeness (QED) is 0.821. The zero-order valence-corrected chi connectivity index (χ0v) is 14.3. The first kappa shape index (κ1) is 17.5. The average Bonchev–Trinajstić information content (AvgIpc) is 2.80. The molecule has 0 radical (unpaired) electrons. The maximum absolute atomic E-state index is 12.4. The lowest BCUT2D eigenvalue weighted by atomic mass is 10.2. The van der Waals surface area contributed by atoms with Crippen LogP contribution in [0.5, 0.6) is 5.75 Å². The molecule has 2 aromatic rings. The summed E-state index contributed by atoms with van der Waals surface area (Å²) < 4.78 is 11.9. The highest BCUT2D eigenvalue weighted by atomic mass is 16.6. The number of esters is 1. The van der Waals surface area contributed by atoms with Crippen LogP contribution in [-0.4, -0.2) is 34.9 Å². The fourth-order valence-corrected chi connectivity index (χ4v) is 2.21. The van der Waals surface area contributed by atoms with Crippen LogP contribution >= 0.6 is 0 Å². The molecule has 7 heteroatoms. The van der Waals surface area contributed by atoms with Gasteiger partial charge in [-0.05, 0) is 39.0 Å². The molecule has 1 aromatic heterocycles. The summed E-state index contributed by atoms with van der Waals surface area (Å²) in [5.41, 5.74) is 2.74. The van der Waals surface area contributed by atoms with Gasteiger partial charge in [-0.25, -0.2) is 4.79 Å². The summed E-state index contributed by atoms with van der Waals surface area (Å²) in [6.45, 7) is 5.55. The summed E-state index contributed by atoms with van der Waals surface area (Å²) in [6.07, 6.45) is 0. The summed E-state index contributed by atoms with van der Waals surface area (Å²) in [4.78, 5) is 23.7. The van der Waals surface area contributed by atoms with Gasteiger partial charge in [0, 0.05) is 12.6 Å². The summed E-state index contributed by atoms with van der Waals surface area (Å²) in [5.74, 6) is -0.292. The molecule has 1 N–H and O–H groups in total. The summed E-state index contributed by atoms with van der Waals surface area (Å²) in [5, 5.41) is 7.13. The Kier molecular flexibility index (Phi) is 5.57. The number of rotatable bonds is 6. The van der Waals surface area contributed by atoms with Gasteiger partial charge in [0.05, 0.1) is 23.7 Å². The Morgan fingerprint density at radius 2 is 2.04 bits per heavy atom. The number of aromatic nitrogens is 2. The highest BCUT2D eigenvalue weighted by Gasteiger charge is 2.14. The molecule has 0 aliphatic carbocycles. The largest absolute Gasteiger partial charge is 0.482 e. The van der Waals surface area contributed by atoms with E-state index in [1.54, 1.807) is 35.9 Å². The van der Waals surface area contributed by atoms with Crippen LogP contribution in [0.15, 0.2) is 24.3 Å². The van der Waals surface area contributed by atoms with Crippen molar-refractivity contribution in [2.75, 3.05) is 18.5 Å². The molecule has 0 aliphatic heterocycles. The van der Waals surface area contributed by atoms with E-state index in [0.717, 1.165) is 11.4 Å². The molecule has 0 atom stereocenters. The smallest absolute Gasteiger partial charge is 0.344 e. The second kappa shape index (κ2) is 7.63. The minimum absolute atomic E-state index is 0.195. The number of nitrogens with one attached hydrogen (secondary N) is 1. The Morgan fingerprint density at radius 3 is 2.67 bits per heavy atom. The third-order valence-corrected chi connectivity index (χ3v) is 3.51. The Balaban J connectivity index is 2.07. The third-order valence-electron chi connectivity index (χ3n) is 3.51. The van der Waals surface area contributed by atoms with E-state index in [2.05, 4.69) is 10.4 Å². The number of aryl methyl sites for hydroxylation is 2. The van der Waals surface area contributed by atoms with Gasteiger partial charge in [0.15, 0.2) is 6.61 Å². The SMILES string of the molecule is CCOC(=O)COc1cccc(C(=O)Nc2c(C)nn(C)c2C)c1. The van der Waals surface area contributed by atoms with Crippen molar-refractivity contribution in [3.63, 3.8) is 0 Å². The monoisotopic (exact) mass is 331 g/mol. The first-order valence-corrected chi connectivity index (χ1v) is 7.62. The number of amides is 1. The van der Waals surface area contributed by atoms with E-state index in [1.165, 1.54) is 0 Å². The number of hydrogen-bond acceptors (Lipinski definition) is 5. The van der Waals surface area contributed by atoms with E-state index in [-0.39, 0.29) is 12.5 Å². The lowest BCUT2D eigenvalue weighted by Crippen LogP contribution is -2.16. The molecule has 0 fully saturated rings. The maximum atomic E-state index is 12.4. The van der Waals surface area contributed by atoms with Crippen molar-refractivity contribution in [3.8, 4) is 5.75 Å². The Morgan fingerprint density at radius 1 is 1.29 bits per heavy atom. The fourth-order valence-electron chi connectivity index (χ4n) is 2.21. The van der Waals surface area contributed by atoms with Crippen molar-refractivity contribution in [1.29, 1.82) is 0 Å². The van der Waals surface area contributed by atoms with Crippen LogP contribution in [-0.2, 0) is 16.6 Å². The Labute approximate surface area is 140 Å². The predicted molar refractivity (Wildman–Crippen MR) is 89.2 cm³/mol. The standard InChI is InChI=1S/C17H21N3O4/c1-5-23-15(21)10-24-14-8-6-7-13(9-14)17(22)18-16-11(2)19-20(4)12(16)3/h6-9H,5,10H2,1-4H3,(H,18,22). The zero-order chi connectivity index (χ0) is 17.7. The first-order valence-electron chi connectivity index (χ1n) is 7.62. The number of benzene rings is 1. The molecule has 0 saturated carbocycles. The van der Waals surface area contributed by atoms with Crippen molar-refractivity contribution in [2.45, 2.75) is 20.8 Å². The molecule has 0 aliphatic rings. The lowest BCUT2D eigenvalue weighted by Gasteiger charge is -2.09. The molecule has 0 saturated heterocycles. The lowest BCUT2D eigenvalue weighted by molar-refractivity contribution is -0.145. The number of anilines is 1. The number of nitrogens with zero attached hydrogens (tertiary/aromatic N) is 2. The Bertz CT molecular complexity index is 752. The molecule has 24 heavy (non-hydrogen) atoms. The van der Waals surface area contributed by atoms with Crippen LogP contribution in [0.1, 0.15) is 28.7 Å². The fraction of sp³-hybridized carbons (Fsp3) is 0.353. The van der Waals surface area contributed by atoms with Crippen LogP contribution < -0.4 is 10.1 Å². The summed E-state index contributed by atoms with van der Waals surface area (Å²) >= 11 is 0. The van der Waals surface area contributed by atoms with Gasteiger partial charge < -0.3 is 14.8 Å². The molecule has 1 aromatic carbocycles. The van der Waals surface area contributed by atoms with Crippen molar-refractivity contribution >= 4 is 17.6 Å². The summed E-state index contributed by atoms with van der Waals surface area (Å²) in [6, 6.07) is 6.62. The average molecular weight is 331 g/mol. The van der Waals surface area contributed by atoms with E-state index in [4.69, 9.17) is 9.47 Å². The van der Waals surface area contributed by atoms with E-state index in [0.29, 0.717) is 23.6 Å². The van der Waals surface area contributed by atoms with Gasteiger partial charge in [-0.15, -0.1) is 0 Å². The van der Waals surface area contributed by atoms with Crippen LogP contribution in [0.3, 0.4) is 0 Å². The molecular weight excluding hydrogens is 310 g/mol. The van der Waals surface area contributed by atoms with Gasteiger partial charge in [0.1, 0.15) is 5.75 Å².